The first-order valence-corrected chi connectivity index (χ1v) is 8.39. The Hall–Kier alpha value is -2.16. The van der Waals surface area contributed by atoms with E-state index in [0.29, 0.717) is 10.6 Å². The van der Waals surface area contributed by atoms with Crippen LogP contribution < -0.4 is 10.6 Å². The van der Waals surface area contributed by atoms with Gasteiger partial charge in [-0.3, -0.25) is 5.32 Å². The first-order chi connectivity index (χ1) is 11.6. The number of halogens is 3. The summed E-state index contributed by atoms with van der Waals surface area (Å²) in [5.41, 5.74) is 0.228. The van der Waals surface area contributed by atoms with Crippen LogP contribution in [0.5, 0.6) is 0 Å². The molecule has 0 fully saturated rings. The largest absolute Gasteiger partial charge is 0.408 e. The van der Waals surface area contributed by atoms with E-state index in [4.69, 9.17) is 0 Å². The van der Waals surface area contributed by atoms with Crippen molar-refractivity contribution in [1.82, 2.24) is 15.5 Å². The van der Waals surface area contributed by atoms with E-state index < -0.39 is 18.2 Å². The minimum absolute atomic E-state index is 0.156. The number of urea groups is 1. The monoisotopic (exact) mass is 372 g/mol. The van der Waals surface area contributed by atoms with Gasteiger partial charge in [-0.2, -0.15) is 13.2 Å². The van der Waals surface area contributed by atoms with E-state index in [9.17, 15) is 18.0 Å². The van der Waals surface area contributed by atoms with Crippen molar-refractivity contribution in [2.24, 2.45) is 0 Å². The molecule has 0 bridgehead atoms. The number of amides is 2. The smallest absolute Gasteiger partial charge is 0.326 e. The van der Waals surface area contributed by atoms with Gasteiger partial charge in [-0.1, -0.05) is 62.4 Å². The van der Waals surface area contributed by atoms with Crippen molar-refractivity contribution in [1.29, 1.82) is 0 Å². The van der Waals surface area contributed by atoms with Crippen molar-refractivity contribution < 1.29 is 18.0 Å². The SMILES string of the molecule is CC(C)(C)c1nnc(NC(=O)N[C@H](Cc2ccccc2)C(F)(F)F)s1. The number of rotatable bonds is 4. The number of nitrogens with one attached hydrogen (secondary N) is 2. The molecule has 136 valence electrons. The van der Waals surface area contributed by atoms with E-state index in [-0.39, 0.29) is 17.0 Å². The second-order valence-electron chi connectivity index (χ2n) is 6.54. The van der Waals surface area contributed by atoms with Crippen LogP contribution in [-0.4, -0.2) is 28.4 Å². The van der Waals surface area contributed by atoms with Crippen molar-refractivity contribution in [2.45, 2.75) is 44.8 Å². The lowest BCUT2D eigenvalue weighted by Gasteiger charge is -2.21. The highest BCUT2D eigenvalue weighted by Crippen LogP contribution is 2.28. The van der Waals surface area contributed by atoms with Crippen LogP contribution in [0.2, 0.25) is 0 Å². The van der Waals surface area contributed by atoms with E-state index in [1.54, 1.807) is 30.3 Å². The van der Waals surface area contributed by atoms with Crippen LogP contribution in [-0.2, 0) is 11.8 Å². The molecule has 1 heterocycles. The second-order valence-corrected chi connectivity index (χ2v) is 7.52. The highest BCUT2D eigenvalue weighted by atomic mass is 32.1. The van der Waals surface area contributed by atoms with Crippen LogP contribution in [0, 0.1) is 0 Å². The van der Waals surface area contributed by atoms with Crippen LogP contribution in [0.4, 0.5) is 23.1 Å². The van der Waals surface area contributed by atoms with E-state index in [1.165, 1.54) is 0 Å². The molecule has 0 aliphatic rings. The molecular formula is C16H19F3N4OS. The number of hydrogen-bond donors (Lipinski definition) is 2. The molecule has 25 heavy (non-hydrogen) atoms. The Morgan fingerprint density at radius 1 is 1.16 bits per heavy atom. The summed E-state index contributed by atoms with van der Waals surface area (Å²) >= 11 is 1.13. The summed E-state index contributed by atoms with van der Waals surface area (Å²) in [7, 11) is 0. The Labute approximate surface area is 147 Å². The zero-order chi connectivity index (χ0) is 18.7. The van der Waals surface area contributed by atoms with Crippen LogP contribution in [0.25, 0.3) is 0 Å². The van der Waals surface area contributed by atoms with Crippen LogP contribution in [0.1, 0.15) is 31.3 Å². The third-order valence-electron chi connectivity index (χ3n) is 3.27. The maximum Gasteiger partial charge on any atom is 0.408 e. The van der Waals surface area contributed by atoms with Gasteiger partial charge in [0.2, 0.25) is 5.13 Å². The Morgan fingerprint density at radius 2 is 1.80 bits per heavy atom. The van der Waals surface area contributed by atoms with Gasteiger partial charge in [-0.25, -0.2) is 4.79 Å². The molecule has 0 saturated heterocycles. The molecule has 2 N–H and O–H groups in total. The molecule has 1 aromatic carbocycles. The Balaban J connectivity index is 2.03. The number of nitrogens with zero attached hydrogens (tertiary/aromatic N) is 2. The van der Waals surface area contributed by atoms with Crippen LogP contribution >= 0.6 is 11.3 Å². The summed E-state index contributed by atoms with van der Waals surface area (Å²) in [5.74, 6) is 0. The molecule has 0 radical (unpaired) electrons. The summed E-state index contributed by atoms with van der Waals surface area (Å²) in [6, 6.07) is 5.22. The van der Waals surface area contributed by atoms with Gasteiger partial charge in [0.25, 0.3) is 0 Å². The number of carbonyl (C=O) groups is 1. The average Bonchev–Trinajstić information content (AvgIpc) is 2.95. The quantitative estimate of drug-likeness (QED) is 0.848. The Bertz CT molecular complexity index is 710. The van der Waals surface area contributed by atoms with Gasteiger partial charge in [-0.15, -0.1) is 10.2 Å². The average molecular weight is 372 g/mol. The topological polar surface area (TPSA) is 66.9 Å². The van der Waals surface area contributed by atoms with Gasteiger partial charge in [-0.05, 0) is 5.56 Å². The highest BCUT2D eigenvalue weighted by molar-refractivity contribution is 7.15. The van der Waals surface area contributed by atoms with Crippen molar-refractivity contribution >= 4 is 22.5 Å². The second kappa shape index (κ2) is 7.38. The molecule has 9 heteroatoms. The van der Waals surface area contributed by atoms with Crippen LogP contribution in [0.3, 0.4) is 0 Å². The molecule has 1 aromatic heterocycles. The maximum atomic E-state index is 13.2. The zero-order valence-electron chi connectivity index (χ0n) is 14.0. The lowest BCUT2D eigenvalue weighted by Crippen LogP contribution is -2.48. The van der Waals surface area contributed by atoms with E-state index in [1.807, 2.05) is 26.1 Å². The summed E-state index contributed by atoms with van der Waals surface area (Å²) in [6.07, 6.45) is -4.91. The lowest BCUT2D eigenvalue weighted by molar-refractivity contribution is -0.152. The van der Waals surface area contributed by atoms with Gasteiger partial charge in [0.05, 0.1) is 0 Å². The first-order valence-electron chi connectivity index (χ1n) is 7.58. The number of benzene rings is 1. The van der Waals surface area contributed by atoms with Crippen LogP contribution in [0.15, 0.2) is 30.3 Å². The zero-order valence-corrected chi connectivity index (χ0v) is 14.8. The fraction of sp³-hybridized carbons (Fsp3) is 0.438. The van der Waals surface area contributed by atoms with E-state index >= 15 is 0 Å². The third-order valence-corrected chi connectivity index (χ3v) is 4.53. The number of alkyl halides is 3. The molecular weight excluding hydrogens is 353 g/mol. The third kappa shape index (κ3) is 5.70. The van der Waals surface area contributed by atoms with Crippen molar-refractivity contribution in [3.63, 3.8) is 0 Å². The van der Waals surface area contributed by atoms with Gasteiger partial charge >= 0.3 is 12.2 Å². The number of hydrogen-bond acceptors (Lipinski definition) is 4. The van der Waals surface area contributed by atoms with Gasteiger partial charge in [0.1, 0.15) is 11.0 Å². The molecule has 1 atom stereocenters. The standard InChI is InChI=1S/C16H19F3N4OS/c1-15(2,3)12-22-23-14(25-12)21-13(24)20-11(16(17,18)19)9-10-7-5-4-6-8-10/h4-8,11H,9H2,1-3H3,(H2,20,21,23,24)/t11-/m1/s1. The maximum absolute atomic E-state index is 13.2. The summed E-state index contributed by atoms with van der Waals surface area (Å²) in [4.78, 5) is 11.9. The van der Waals surface area contributed by atoms with E-state index in [2.05, 4.69) is 15.5 Å². The fourth-order valence-electron chi connectivity index (χ4n) is 1.97. The highest BCUT2D eigenvalue weighted by Gasteiger charge is 2.40. The van der Waals surface area contributed by atoms with Gasteiger partial charge in [0, 0.05) is 11.8 Å². The van der Waals surface area contributed by atoms with Crippen molar-refractivity contribution in [3.05, 3.63) is 40.9 Å². The number of anilines is 1. The number of carbonyl (C=O) groups excluding carboxylic acids is 1. The van der Waals surface area contributed by atoms with Crippen molar-refractivity contribution in [2.75, 3.05) is 5.32 Å². The molecule has 0 aliphatic carbocycles. The number of aromatic nitrogens is 2. The normalized spacial score (nSPS) is 13.4. The Morgan fingerprint density at radius 3 is 2.32 bits per heavy atom. The minimum atomic E-state index is -4.56. The van der Waals surface area contributed by atoms with Crippen molar-refractivity contribution in [3.8, 4) is 0 Å². The predicted octanol–water partition coefficient (Wildman–Crippen LogP) is 4.13. The predicted molar refractivity (Wildman–Crippen MR) is 90.8 cm³/mol. The van der Waals surface area contributed by atoms with E-state index in [0.717, 1.165) is 11.3 Å². The Kier molecular flexibility index (Phi) is 5.66. The summed E-state index contributed by atoms with van der Waals surface area (Å²) < 4.78 is 39.6. The first kappa shape index (κ1) is 19.2. The molecule has 0 aliphatic heterocycles. The molecule has 2 rings (SSSR count). The summed E-state index contributed by atoms with van der Waals surface area (Å²) in [5, 5.41) is 12.9. The van der Waals surface area contributed by atoms with Gasteiger partial charge < -0.3 is 5.32 Å². The van der Waals surface area contributed by atoms with Gasteiger partial charge in [0.15, 0.2) is 0 Å². The molecule has 2 aromatic rings. The molecule has 5 nitrogen and oxygen atoms in total. The molecule has 0 saturated carbocycles. The fourth-order valence-corrected chi connectivity index (χ4v) is 2.76. The lowest BCUT2D eigenvalue weighted by atomic mass is 9.98. The molecule has 0 unspecified atom stereocenters. The summed E-state index contributed by atoms with van der Waals surface area (Å²) in [6.45, 7) is 5.78. The molecule has 0 spiro atoms. The molecule has 2 amide bonds. The minimum Gasteiger partial charge on any atom is -0.326 e.